The third-order valence-corrected chi connectivity index (χ3v) is 7.31. The highest BCUT2D eigenvalue weighted by atomic mass is 32.2. The number of benzene rings is 1. The van der Waals surface area contributed by atoms with Gasteiger partial charge in [-0.15, -0.1) is 11.3 Å². The van der Waals surface area contributed by atoms with Gasteiger partial charge in [0.25, 0.3) is 10.0 Å². The molecule has 0 bridgehead atoms. The molecule has 2 aromatic heterocycles. The molecule has 1 aromatic carbocycles. The van der Waals surface area contributed by atoms with E-state index in [4.69, 9.17) is 4.42 Å². The lowest BCUT2D eigenvalue weighted by atomic mass is 9.85. The first-order chi connectivity index (χ1) is 12.0. The van der Waals surface area contributed by atoms with Crippen molar-refractivity contribution in [3.8, 4) is 10.6 Å². The Balaban J connectivity index is 1.56. The van der Waals surface area contributed by atoms with Crippen LogP contribution in [0.15, 0.2) is 51.2 Å². The molecule has 1 aliphatic carbocycles. The van der Waals surface area contributed by atoms with E-state index in [9.17, 15) is 8.42 Å². The Morgan fingerprint density at radius 2 is 2.08 bits per heavy atom. The van der Waals surface area contributed by atoms with Gasteiger partial charge in [-0.1, -0.05) is 18.6 Å². The molecule has 4 rings (SSSR count). The van der Waals surface area contributed by atoms with E-state index < -0.39 is 10.0 Å². The second-order valence-corrected chi connectivity index (χ2v) is 9.28. The van der Waals surface area contributed by atoms with Gasteiger partial charge in [-0.2, -0.15) is 0 Å². The number of hydrogen-bond acceptors (Lipinski definition) is 5. The Bertz CT molecular complexity index is 1000. The third-order valence-electron chi connectivity index (χ3n) is 4.34. The van der Waals surface area contributed by atoms with Crippen LogP contribution in [0.4, 0.5) is 5.69 Å². The van der Waals surface area contributed by atoms with Gasteiger partial charge in [-0.05, 0) is 49.6 Å². The summed E-state index contributed by atoms with van der Waals surface area (Å²) in [6.45, 7) is 1.92. The summed E-state index contributed by atoms with van der Waals surface area (Å²) in [6.07, 6.45) is 5.13. The van der Waals surface area contributed by atoms with Crippen molar-refractivity contribution in [3.05, 3.63) is 54.0 Å². The molecule has 1 aliphatic rings. The van der Waals surface area contributed by atoms with E-state index in [1.807, 2.05) is 19.1 Å². The highest BCUT2D eigenvalue weighted by Crippen LogP contribution is 2.38. The molecule has 130 valence electrons. The van der Waals surface area contributed by atoms with Crippen LogP contribution >= 0.6 is 11.3 Å². The van der Waals surface area contributed by atoms with Gasteiger partial charge >= 0.3 is 0 Å². The Hall–Kier alpha value is -2.12. The smallest absolute Gasteiger partial charge is 0.271 e. The molecule has 0 spiro atoms. The standard InChI is InChI=1S/C18H18N2O3S2/c1-12-4-2-7-14(10-12)20-25(21,22)17-9-8-16(24-17)15-11-19-18(23-15)13-5-3-6-13/h2,4,7-11,13,20H,3,5-6H2,1H3. The number of nitrogens with zero attached hydrogens (tertiary/aromatic N) is 1. The van der Waals surface area contributed by atoms with Crippen LogP contribution in [0.3, 0.4) is 0 Å². The molecule has 3 aromatic rings. The molecule has 0 saturated heterocycles. The minimum Gasteiger partial charge on any atom is -0.440 e. The minimum atomic E-state index is -3.61. The van der Waals surface area contributed by atoms with Gasteiger partial charge in [0.15, 0.2) is 11.7 Å². The summed E-state index contributed by atoms with van der Waals surface area (Å²) < 4.78 is 33.9. The van der Waals surface area contributed by atoms with E-state index in [0.717, 1.165) is 29.2 Å². The van der Waals surface area contributed by atoms with Crippen LogP contribution in [0, 0.1) is 6.92 Å². The Morgan fingerprint density at radius 1 is 1.24 bits per heavy atom. The number of rotatable bonds is 5. The highest BCUT2D eigenvalue weighted by molar-refractivity contribution is 7.94. The molecule has 1 N–H and O–H groups in total. The zero-order valence-corrected chi connectivity index (χ0v) is 15.4. The number of aromatic nitrogens is 1. The zero-order valence-electron chi connectivity index (χ0n) is 13.7. The number of thiophene rings is 1. The van der Waals surface area contributed by atoms with Gasteiger partial charge in [-0.3, -0.25) is 4.72 Å². The second-order valence-electron chi connectivity index (χ2n) is 6.28. The average Bonchev–Trinajstić information content (AvgIpc) is 3.13. The minimum absolute atomic E-state index is 0.255. The summed E-state index contributed by atoms with van der Waals surface area (Å²) in [4.78, 5) is 5.10. The van der Waals surface area contributed by atoms with E-state index >= 15 is 0 Å². The quantitative estimate of drug-likeness (QED) is 0.697. The Kier molecular flexibility index (Phi) is 4.13. The van der Waals surface area contributed by atoms with Crippen LogP contribution in [0.2, 0.25) is 0 Å². The predicted octanol–water partition coefficient (Wildman–Crippen LogP) is 4.78. The molecule has 5 nitrogen and oxygen atoms in total. The predicted molar refractivity (Wildman–Crippen MR) is 98.4 cm³/mol. The molecule has 0 radical (unpaired) electrons. The van der Waals surface area contributed by atoms with Crippen molar-refractivity contribution in [2.45, 2.75) is 36.3 Å². The molecule has 25 heavy (non-hydrogen) atoms. The lowest BCUT2D eigenvalue weighted by molar-refractivity contribution is 0.338. The summed E-state index contributed by atoms with van der Waals surface area (Å²) in [5.41, 5.74) is 1.55. The molecular formula is C18H18N2O3S2. The van der Waals surface area contributed by atoms with Crippen molar-refractivity contribution < 1.29 is 12.8 Å². The normalized spacial score (nSPS) is 15.1. The fourth-order valence-corrected chi connectivity index (χ4v) is 5.06. The first-order valence-corrected chi connectivity index (χ1v) is 10.5. The van der Waals surface area contributed by atoms with Crippen molar-refractivity contribution in [2.24, 2.45) is 0 Å². The molecule has 1 fully saturated rings. The van der Waals surface area contributed by atoms with Crippen molar-refractivity contribution in [3.63, 3.8) is 0 Å². The maximum atomic E-state index is 12.6. The number of hydrogen-bond donors (Lipinski definition) is 1. The molecule has 1 saturated carbocycles. The lowest BCUT2D eigenvalue weighted by Crippen LogP contribution is -2.11. The number of aryl methyl sites for hydroxylation is 1. The number of oxazole rings is 1. The number of anilines is 1. The molecule has 0 atom stereocenters. The molecule has 0 amide bonds. The van der Waals surface area contributed by atoms with Crippen LogP contribution in [0.5, 0.6) is 0 Å². The first-order valence-electron chi connectivity index (χ1n) is 8.17. The molecule has 7 heteroatoms. The monoisotopic (exact) mass is 374 g/mol. The van der Waals surface area contributed by atoms with Gasteiger partial charge in [-0.25, -0.2) is 13.4 Å². The van der Waals surface area contributed by atoms with Crippen LogP contribution in [0.1, 0.15) is 36.6 Å². The first kappa shape index (κ1) is 16.4. The van der Waals surface area contributed by atoms with E-state index in [1.54, 1.807) is 30.5 Å². The largest absolute Gasteiger partial charge is 0.440 e. The molecule has 0 aliphatic heterocycles. The van der Waals surface area contributed by atoms with Crippen LogP contribution in [-0.4, -0.2) is 13.4 Å². The summed E-state index contributed by atoms with van der Waals surface area (Å²) in [7, 11) is -3.61. The van der Waals surface area contributed by atoms with E-state index in [0.29, 0.717) is 17.4 Å². The topological polar surface area (TPSA) is 72.2 Å². The summed E-state index contributed by atoms with van der Waals surface area (Å²) in [6, 6.07) is 10.6. The fourth-order valence-electron chi connectivity index (χ4n) is 2.76. The second kappa shape index (κ2) is 6.31. The zero-order chi connectivity index (χ0) is 17.4. The molecule has 2 heterocycles. The summed E-state index contributed by atoms with van der Waals surface area (Å²) in [5.74, 6) is 1.81. The maximum absolute atomic E-state index is 12.6. The lowest BCUT2D eigenvalue weighted by Gasteiger charge is -2.21. The van der Waals surface area contributed by atoms with Gasteiger partial charge < -0.3 is 4.42 Å². The third kappa shape index (κ3) is 3.34. The SMILES string of the molecule is Cc1cccc(NS(=O)(=O)c2ccc(-c3cnc(C4CCC4)o3)s2)c1. The molecule has 0 unspecified atom stereocenters. The van der Waals surface area contributed by atoms with Crippen molar-refractivity contribution in [1.29, 1.82) is 0 Å². The van der Waals surface area contributed by atoms with Crippen molar-refractivity contribution in [2.75, 3.05) is 4.72 Å². The van der Waals surface area contributed by atoms with Gasteiger partial charge in [0, 0.05) is 11.6 Å². The highest BCUT2D eigenvalue weighted by Gasteiger charge is 2.25. The average molecular weight is 374 g/mol. The molecular weight excluding hydrogens is 356 g/mol. The van der Waals surface area contributed by atoms with Crippen LogP contribution < -0.4 is 4.72 Å². The van der Waals surface area contributed by atoms with Crippen LogP contribution in [0.25, 0.3) is 10.6 Å². The number of sulfonamides is 1. The number of nitrogens with one attached hydrogen (secondary N) is 1. The Labute approximate surface area is 150 Å². The summed E-state index contributed by atoms with van der Waals surface area (Å²) in [5, 5.41) is 0. The van der Waals surface area contributed by atoms with E-state index in [1.165, 1.54) is 17.8 Å². The van der Waals surface area contributed by atoms with E-state index in [-0.39, 0.29) is 4.21 Å². The fraction of sp³-hybridized carbons (Fsp3) is 0.278. The summed E-state index contributed by atoms with van der Waals surface area (Å²) >= 11 is 1.18. The Morgan fingerprint density at radius 3 is 2.80 bits per heavy atom. The van der Waals surface area contributed by atoms with Crippen molar-refractivity contribution >= 4 is 27.0 Å². The van der Waals surface area contributed by atoms with Gasteiger partial charge in [0.2, 0.25) is 0 Å². The van der Waals surface area contributed by atoms with Gasteiger partial charge in [0.1, 0.15) is 4.21 Å². The van der Waals surface area contributed by atoms with E-state index in [2.05, 4.69) is 9.71 Å². The van der Waals surface area contributed by atoms with Crippen molar-refractivity contribution in [1.82, 2.24) is 4.98 Å². The maximum Gasteiger partial charge on any atom is 0.271 e. The van der Waals surface area contributed by atoms with Crippen LogP contribution in [-0.2, 0) is 10.0 Å². The van der Waals surface area contributed by atoms with Gasteiger partial charge in [0.05, 0.1) is 11.1 Å².